The second-order valence-electron chi connectivity index (χ2n) is 5.32. The van der Waals surface area contributed by atoms with E-state index in [1.54, 1.807) is 0 Å². The molecule has 22 heavy (non-hydrogen) atoms. The summed E-state index contributed by atoms with van der Waals surface area (Å²) in [7, 11) is -3.78. The number of hydrogen-bond acceptors (Lipinski definition) is 5. The Morgan fingerprint density at radius 1 is 1.23 bits per heavy atom. The van der Waals surface area contributed by atoms with E-state index in [2.05, 4.69) is 4.72 Å². The Morgan fingerprint density at radius 2 is 1.77 bits per heavy atom. The molecule has 0 amide bonds. The second kappa shape index (κ2) is 6.62. The van der Waals surface area contributed by atoms with Gasteiger partial charge in [-0.3, -0.25) is 0 Å². The van der Waals surface area contributed by atoms with E-state index in [9.17, 15) is 8.42 Å². The highest BCUT2D eigenvalue weighted by Crippen LogP contribution is 2.37. The third-order valence-electron chi connectivity index (χ3n) is 3.91. The zero-order valence-corrected chi connectivity index (χ0v) is 14.3. The molecular weight excluding hydrogens is 328 g/mol. The predicted octanol–water partition coefficient (Wildman–Crippen LogP) is 1.91. The largest absolute Gasteiger partial charge is 0.486 e. The molecule has 6 nitrogen and oxygen atoms in total. The number of fused-ring (bicyclic) bond motifs is 1. The van der Waals surface area contributed by atoms with Crippen LogP contribution in [0.4, 0.5) is 0 Å². The minimum absolute atomic E-state index is 0.0343. The van der Waals surface area contributed by atoms with E-state index in [1.807, 2.05) is 13.8 Å². The van der Waals surface area contributed by atoms with Crippen LogP contribution in [0.3, 0.4) is 0 Å². The van der Waals surface area contributed by atoms with E-state index < -0.39 is 15.6 Å². The van der Waals surface area contributed by atoms with Gasteiger partial charge in [0.25, 0.3) is 0 Å². The lowest BCUT2D eigenvalue weighted by atomic mass is 9.95. The maximum absolute atomic E-state index is 12.5. The molecule has 1 heterocycles. The van der Waals surface area contributed by atoms with Crippen LogP contribution in [0, 0.1) is 0 Å². The lowest BCUT2D eigenvalue weighted by Gasteiger charge is -2.27. The Labute approximate surface area is 136 Å². The van der Waals surface area contributed by atoms with Gasteiger partial charge in [0.15, 0.2) is 11.5 Å². The van der Waals surface area contributed by atoms with E-state index in [1.165, 1.54) is 12.1 Å². The molecule has 1 aromatic carbocycles. The van der Waals surface area contributed by atoms with Gasteiger partial charge in [0.05, 0.1) is 5.02 Å². The van der Waals surface area contributed by atoms with Crippen LogP contribution in [0.15, 0.2) is 17.0 Å². The van der Waals surface area contributed by atoms with Crippen molar-refractivity contribution in [2.24, 2.45) is 5.73 Å². The SMILES string of the molecule is CCC(N)(CC)CNS(=O)(=O)c1cc2c(cc1Cl)OCCO2. The molecule has 0 radical (unpaired) electrons. The maximum Gasteiger partial charge on any atom is 0.242 e. The fourth-order valence-corrected chi connectivity index (χ4v) is 3.74. The van der Waals surface area contributed by atoms with Crippen molar-refractivity contribution < 1.29 is 17.9 Å². The summed E-state index contributed by atoms with van der Waals surface area (Å²) in [5.41, 5.74) is 5.55. The van der Waals surface area contributed by atoms with Gasteiger partial charge >= 0.3 is 0 Å². The van der Waals surface area contributed by atoms with Crippen LogP contribution in [-0.2, 0) is 10.0 Å². The molecule has 0 fully saturated rings. The van der Waals surface area contributed by atoms with Gasteiger partial charge < -0.3 is 15.2 Å². The Kier molecular flexibility index (Phi) is 5.21. The highest BCUT2D eigenvalue weighted by atomic mass is 35.5. The molecule has 0 atom stereocenters. The Bertz CT molecular complexity index is 644. The molecular formula is C14H21ClN2O4S. The first-order chi connectivity index (χ1) is 10.3. The molecule has 3 N–H and O–H groups in total. The average Bonchev–Trinajstić information content (AvgIpc) is 2.52. The van der Waals surface area contributed by atoms with Crippen molar-refractivity contribution >= 4 is 21.6 Å². The fourth-order valence-electron chi connectivity index (χ4n) is 2.07. The van der Waals surface area contributed by atoms with E-state index >= 15 is 0 Å². The van der Waals surface area contributed by atoms with E-state index in [0.29, 0.717) is 37.6 Å². The quantitative estimate of drug-likeness (QED) is 0.819. The highest BCUT2D eigenvalue weighted by Gasteiger charge is 2.27. The van der Waals surface area contributed by atoms with Gasteiger partial charge in [-0.15, -0.1) is 0 Å². The summed E-state index contributed by atoms with van der Waals surface area (Å²) in [6.07, 6.45) is 1.34. The summed E-state index contributed by atoms with van der Waals surface area (Å²) >= 11 is 6.08. The molecule has 0 bridgehead atoms. The lowest BCUT2D eigenvalue weighted by molar-refractivity contribution is 0.171. The molecule has 124 valence electrons. The van der Waals surface area contributed by atoms with Crippen LogP contribution in [-0.4, -0.2) is 33.7 Å². The number of benzene rings is 1. The van der Waals surface area contributed by atoms with Crippen molar-refractivity contribution in [2.45, 2.75) is 37.1 Å². The van der Waals surface area contributed by atoms with Crippen LogP contribution in [0.5, 0.6) is 11.5 Å². The van der Waals surface area contributed by atoms with Crippen LogP contribution >= 0.6 is 11.6 Å². The van der Waals surface area contributed by atoms with Gasteiger partial charge in [-0.25, -0.2) is 13.1 Å². The van der Waals surface area contributed by atoms with Gasteiger partial charge in [-0.1, -0.05) is 25.4 Å². The molecule has 1 aromatic rings. The lowest BCUT2D eigenvalue weighted by Crippen LogP contribution is -2.49. The summed E-state index contributed by atoms with van der Waals surface area (Å²) in [5.74, 6) is 0.825. The van der Waals surface area contributed by atoms with Crippen molar-refractivity contribution in [3.8, 4) is 11.5 Å². The van der Waals surface area contributed by atoms with Crippen LogP contribution in [0.2, 0.25) is 5.02 Å². The minimum Gasteiger partial charge on any atom is -0.486 e. The number of nitrogens with two attached hydrogens (primary N) is 1. The maximum atomic E-state index is 12.5. The average molecular weight is 349 g/mol. The summed E-state index contributed by atoms with van der Waals surface area (Å²) in [5, 5.41) is 0.0902. The molecule has 0 unspecified atom stereocenters. The summed E-state index contributed by atoms with van der Waals surface area (Å²) in [6, 6.07) is 2.84. The number of hydrogen-bond donors (Lipinski definition) is 2. The third-order valence-corrected chi connectivity index (χ3v) is 5.77. The summed E-state index contributed by atoms with van der Waals surface area (Å²) < 4.78 is 38.2. The third kappa shape index (κ3) is 3.65. The molecule has 0 aromatic heterocycles. The molecule has 0 saturated carbocycles. The first kappa shape index (κ1) is 17.3. The van der Waals surface area contributed by atoms with Gasteiger partial charge in [0, 0.05) is 24.2 Å². The van der Waals surface area contributed by atoms with Crippen molar-refractivity contribution in [1.29, 1.82) is 0 Å². The number of halogens is 1. The van der Waals surface area contributed by atoms with Gasteiger partial charge in [0.1, 0.15) is 18.1 Å². The van der Waals surface area contributed by atoms with E-state index in [-0.39, 0.29) is 16.5 Å². The van der Waals surface area contributed by atoms with Crippen molar-refractivity contribution in [1.82, 2.24) is 4.72 Å². The Balaban J connectivity index is 2.26. The molecule has 0 spiro atoms. The van der Waals surface area contributed by atoms with Crippen LogP contribution in [0.1, 0.15) is 26.7 Å². The van der Waals surface area contributed by atoms with E-state index in [0.717, 1.165) is 0 Å². The van der Waals surface area contributed by atoms with Gasteiger partial charge in [-0.05, 0) is 12.8 Å². The normalized spacial score (nSPS) is 14.9. The topological polar surface area (TPSA) is 90.7 Å². The van der Waals surface area contributed by atoms with E-state index in [4.69, 9.17) is 26.8 Å². The Hall–Kier alpha value is -1.02. The fraction of sp³-hybridized carbons (Fsp3) is 0.571. The highest BCUT2D eigenvalue weighted by molar-refractivity contribution is 7.89. The van der Waals surface area contributed by atoms with Gasteiger partial charge in [-0.2, -0.15) is 0 Å². The molecule has 8 heteroatoms. The molecule has 2 rings (SSSR count). The standard InChI is InChI=1S/C14H21ClN2O4S/c1-3-14(16,4-2)9-17-22(18,19)13-8-12-11(7-10(13)15)20-5-6-21-12/h7-8,17H,3-6,9,16H2,1-2H3. The summed E-state index contributed by atoms with van der Waals surface area (Å²) in [6.45, 7) is 4.78. The predicted molar refractivity (Wildman–Crippen MR) is 85.1 cm³/mol. The molecule has 1 aliphatic rings. The Morgan fingerprint density at radius 3 is 2.32 bits per heavy atom. The van der Waals surface area contributed by atoms with Crippen molar-refractivity contribution in [3.63, 3.8) is 0 Å². The zero-order chi connectivity index (χ0) is 16.4. The first-order valence-electron chi connectivity index (χ1n) is 7.19. The van der Waals surface area contributed by atoms with Crippen LogP contribution < -0.4 is 19.9 Å². The van der Waals surface area contributed by atoms with Crippen molar-refractivity contribution in [3.05, 3.63) is 17.2 Å². The molecule has 0 saturated heterocycles. The number of rotatable bonds is 6. The summed E-state index contributed by atoms with van der Waals surface area (Å²) in [4.78, 5) is -0.0343. The molecule has 0 aliphatic carbocycles. The smallest absolute Gasteiger partial charge is 0.242 e. The van der Waals surface area contributed by atoms with Crippen molar-refractivity contribution in [2.75, 3.05) is 19.8 Å². The monoisotopic (exact) mass is 348 g/mol. The second-order valence-corrected chi connectivity index (χ2v) is 7.46. The first-order valence-corrected chi connectivity index (χ1v) is 9.05. The van der Waals surface area contributed by atoms with Crippen LogP contribution in [0.25, 0.3) is 0 Å². The number of ether oxygens (including phenoxy) is 2. The zero-order valence-electron chi connectivity index (χ0n) is 12.7. The number of sulfonamides is 1. The van der Waals surface area contributed by atoms with Gasteiger partial charge in [0.2, 0.25) is 10.0 Å². The number of nitrogens with one attached hydrogen (secondary N) is 1. The minimum atomic E-state index is -3.78. The molecule has 1 aliphatic heterocycles.